The lowest BCUT2D eigenvalue weighted by atomic mass is 10.4. The summed E-state index contributed by atoms with van der Waals surface area (Å²) in [4.78, 5) is 12.7. The lowest BCUT2D eigenvalue weighted by Gasteiger charge is -2.11. The van der Waals surface area contributed by atoms with Gasteiger partial charge in [0.25, 0.3) is 0 Å². The molecule has 0 atom stereocenters. The van der Waals surface area contributed by atoms with E-state index < -0.39 is 0 Å². The van der Waals surface area contributed by atoms with E-state index in [-0.39, 0.29) is 5.91 Å². The van der Waals surface area contributed by atoms with Crippen molar-refractivity contribution in [2.24, 2.45) is 0 Å². The van der Waals surface area contributed by atoms with E-state index in [1.807, 2.05) is 0 Å². The number of amides is 1. The Balaban J connectivity index is 3.18. The minimum Gasteiger partial charge on any atom is -0.380 e. The van der Waals surface area contributed by atoms with Crippen molar-refractivity contribution in [3.8, 4) is 0 Å². The molecule has 84 valence electrons. The highest BCUT2D eigenvalue weighted by Gasteiger charge is 2.02. The van der Waals surface area contributed by atoms with Crippen LogP contribution in [0.4, 0.5) is 0 Å². The standard InChI is InChI=1S/C10H22N2O2/c1-9(2)11-6-8-14-7-5-10(13)12(3)4/h9,11H,5-8H2,1-4H3. The van der Waals surface area contributed by atoms with Crippen molar-refractivity contribution < 1.29 is 9.53 Å². The fourth-order valence-electron chi connectivity index (χ4n) is 0.905. The summed E-state index contributed by atoms with van der Waals surface area (Å²) in [6.45, 7) is 6.20. The second-order valence-electron chi connectivity index (χ2n) is 3.76. The van der Waals surface area contributed by atoms with E-state index in [4.69, 9.17) is 4.74 Å². The Morgan fingerprint density at radius 2 is 2.00 bits per heavy atom. The Hall–Kier alpha value is -0.610. The Morgan fingerprint density at radius 1 is 1.36 bits per heavy atom. The second-order valence-corrected chi connectivity index (χ2v) is 3.76. The molecule has 0 aliphatic carbocycles. The van der Waals surface area contributed by atoms with Gasteiger partial charge in [-0.15, -0.1) is 0 Å². The largest absolute Gasteiger partial charge is 0.380 e. The van der Waals surface area contributed by atoms with Crippen LogP contribution in [0.5, 0.6) is 0 Å². The van der Waals surface area contributed by atoms with E-state index in [1.165, 1.54) is 0 Å². The molecule has 0 aliphatic heterocycles. The van der Waals surface area contributed by atoms with Crippen molar-refractivity contribution in [2.45, 2.75) is 26.3 Å². The molecule has 0 unspecified atom stereocenters. The van der Waals surface area contributed by atoms with Crippen molar-refractivity contribution in [1.29, 1.82) is 0 Å². The number of carbonyl (C=O) groups excluding carboxylic acids is 1. The molecule has 4 nitrogen and oxygen atoms in total. The van der Waals surface area contributed by atoms with E-state index in [0.717, 1.165) is 6.54 Å². The van der Waals surface area contributed by atoms with Gasteiger partial charge in [-0.25, -0.2) is 0 Å². The van der Waals surface area contributed by atoms with Crippen molar-refractivity contribution in [1.82, 2.24) is 10.2 Å². The topological polar surface area (TPSA) is 41.6 Å². The number of carbonyl (C=O) groups is 1. The van der Waals surface area contributed by atoms with E-state index in [0.29, 0.717) is 25.7 Å². The lowest BCUT2D eigenvalue weighted by Crippen LogP contribution is -2.27. The van der Waals surface area contributed by atoms with Crippen LogP contribution < -0.4 is 5.32 Å². The minimum absolute atomic E-state index is 0.113. The fourth-order valence-corrected chi connectivity index (χ4v) is 0.905. The Kier molecular flexibility index (Phi) is 7.42. The van der Waals surface area contributed by atoms with E-state index in [9.17, 15) is 4.79 Å². The zero-order chi connectivity index (χ0) is 11.0. The average molecular weight is 202 g/mol. The average Bonchev–Trinajstić information content (AvgIpc) is 2.09. The molecule has 0 aromatic carbocycles. The summed E-state index contributed by atoms with van der Waals surface area (Å²) in [5, 5.41) is 3.24. The van der Waals surface area contributed by atoms with Crippen LogP contribution in [-0.2, 0) is 9.53 Å². The van der Waals surface area contributed by atoms with Gasteiger partial charge in [-0.05, 0) is 0 Å². The molecular formula is C10H22N2O2. The van der Waals surface area contributed by atoms with Gasteiger partial charge in [0.1, 0.15) is 0 Å². The zero-order valence-electron chi connectivity index (χ0n) is 9.67. The third-order valence-corrected chi connectivity index (χ3v) is 1.76. The highest BCUT2D eigenvalue weighted by molar-refractivity contribution is 5.75. The summed E-state index contributed by atoms with van der Waals surface area (Å²) in [5.41, 5.74) is 0. The van der Waals surface area contributed by atoms with Gasteiger partial charge >= 0.3 is 0 Å². The predicted octanol–water partition coefficient (Wildman–Crippen LogP) is 0.479. The smallest absolute Gasteiger partial charge is 0.224 e. The summed E-state index contributed by atoms with van der Waals surface area (Å²) in [6.07, 6.45) is 0.467. The Bertz CT molecular complexity index is 158. The van der Waals surface area contributed by atoms with Gasteiger partial charge in [-0.3, -0.25) is 4.79 Å². The highest BCUT2D eigenvalue weighted by Crippen LogP contribution is 1.88. The third kappa shape index (κ3) is 8.01. The van der Waals surface area contributed by atoms with Crippen molar-refractivity contribution in [3.05, 3.63) is 0 Å². The molecule has 4 heteroatoms. The van der Waals surface area contributed by atoms with Crippen LogP contribution in [0, 0.1) is 0 Å². The van der Waals surface area contributed by atoms with Gasteiger partial charge in [0.2, 0.25) is 5.91 Å². The van der Waals surface area contributed by atoms with Crippen LogP contribution in [0.15, 0.2) is 0 Å². The molecule has 0 saturated carbocycles. The lowest BCUT2D eigenvalue weighted by molar-refractivity contribution is -0.129. The SMILES string of the molecule is CC(C)NCCOCCC(=O)N(C)C. The summed E-state index contributed by atoms with van der Waals surface area (Å²) in [6, 6.07) is 0.488. The van der Waals surface area contributed by atoms with Gasteiger partial charge in [0, 0.05) is 26.7 Å². The zero-order valence-corrected chi connectivity index (χ0v) is 9.67. The van der Waals surface area contributed by atoms with Crippen LogP contribution >= 0.6 is 0 Å². The van der Waals surface area contributed by atoms with Gasteiger partial charge in [-0.2, -0.15) is 0 Å². The van der Waals surface area contributed by atoms with E-state index in [1.54, 1.807) is 19.0 Å². The van der Waals surface area contributed by atoms with Crippen LogP contribution in [0.3, 0.4) is 0 Å². The molecule has 0 radical (unpaired) electrons. The number of hydrogen-bond donors (Lipinski definition) is 1. The number of rotatable bonds is 7. The number of hydrogen-bond acceptors (Lipinski definition) is 3. The molecule has 1 amide bonds. The van der Waals surface area contributed by atoms with Crippen LogP contribution in [0.1, 0.15) is 20.3 Å². The summed E-state index contributed by atoms with van der Waals surface area (Å²) in [7, 11) is 3.51. The minimum atomic E-state index is 0.113. The van der Waals surface area contributed by atoms with Gasteiger partial charge < -0.3 is 15.0 Å². The molecule has 0 spiro atoms. The van der Waals surface area contributed by atoms with E-state index in [2.05, 4.69) is 19.2 Å². The summed E-state index contributed by atoms with van der Waals surface area (Å²) < 4.78 is 5.29. The first-order chi connectivity index (χ1) is 6.54. The molecule has 0 bridgehead atoms. The maximum atomic E-state index is 11.1. The summed E-state index contributed by atoms with van der Waals surface area (Å²) in [5.74, 6) is 0.113. The molecule has 0 aliphatic rings. The first-order valence-corrected chi connectivity index (χ1v) is 5.05. The quantitative estimate of drug-likeness (QED) is 0.611. The predicted molar refractivity (Wildman–Crippen MR) is 57.3 cm³/mol. The number of ether oxygens (including phenoxy) is 1. The first kappa shape index (κ1) is 13.4. The molecule has 0 heterocycles. The van der Waals surface area contributed by atoms with Crippen LogP contribution in [-0.4, -0.2) is 50.7 Å². The summed E-state index contributed by atoms with van der Waals surface area (Å²) >= 11 is 0. The van der Waals surface area contributed by atoms with Crippen molar-refractivity contribution >= 4 is 5.91 Å². The molecule has 0 saturated heterocycles. The Labute approximate surface area is 86.6 Å². The molecule has 0 rings (SSSR count). The number of nitrogens with one attached hydrogen (secondary N) is 1. The van der Waals surface area contributed by atoms with Gasteiger partial charge in [0.15, 0.2) is 0 Å². The third-order valence-electron chi connectivity index (χ3n) is 1.76. The van der Waals surface area contributed by atoms with Crippen molar-refractivity contribution in [2.75, 3.05) is 33.9 Å². The van der Waals surface area contributed by atoms with Gasteiger partial charge in [0.05, 0.1) is 19.6 Å². The molecule has 14 heavy (non-hydrogen) atoms. The monoisotopic (exact) mass is 202 g/mol. The molecule has 0 aromatic heterocycles. The molecule has 0 fully saturated rings. The molecule has 0 aromatic rings. The maximum Gasteiger partial charge on any atom is 0.224 e. The Morgan fingerprint density at radius 3 is 2.50 bits per heavy atom. The first-order valence-electron chi connectivity index (χ1n) is 5.05. The van der Waals surface area contributed by atoms with Crippen LogP contribution in [0.2, 0.25) is 0 Å². The number of nitrogens with zero attached hydrogens (tertiary/aromatic N) is 1. The van der Waals surface area contributed by atoms with Crippen molar-refractivity contribution in [3.63, 3.8) is 0 Å². The van der Waals surface area contributed by atoms with Crippen LogP contribution in [0.25, 0.3) is 0 Å². The maximum absolute atomic E-state index is 11.1. The second kappa shape index (κ2) is 7.76. The van der Waals surface area contributed by atoms with E-state index >= 15 is 0 Å². The van der Waals surface area contributed by atoms with Gasteiger partial charge in [-0.1, -0.05) is 13.8 Å². The fraction of sp³-hybridized carbons (Fsp3) is 0.900. The highest BCUT2D eigenvalue weighted by atomic mass is 16.5. The normalized spacial score (nSPS) is 10.6. The molecule has 1 N–H and O–H groups in total. The molecular weight excluding hydrogens is 180 g/mol.